The topological polar surface area (TPSA) is 62.4 Å². The molecule has 0 radical (unpaired) electrons. The largest absolute Gasteiger partial charge is 0.379 e. The van der Waals surface area contributed by atoms with Crippen LogP contribution in [0.15, 0.2) is 57.9 Å². The summed E-state index contributed by atoms with van der Waals surface area (Å²) in [7, 11) is -3.48. The normalized spacial score (nSPS) is 16.4. The molecule has 0 unspecified atom stereocenters. The van der Waals surface area contributed by atoms with Gasteiger partial charge in [-0.25, -0.2) is 8.42 Å². The molecule has 0 aliphatic carbocycles. The zero-order valence-electron chi connectivity index (χ0n) is 13.4. The van der Waals surface area contributed by atoms with Crippen molar-refractivity contribution in [1.29, 1.82) is 0 Å². The first-order valence-corrected chi connectivity index (χ1v) is 10.2. The van der Waals surface area contributed by atoms with Crippen molar-refractivity contribution in [3.8, 4) is 11.3 Å². The first-order valence-electron chi connectivity index (χ1n) is 8.01. The molecule has 0 amide bonds. The highest BCUT2D eigenvalue weighted by molar-refractivity contribution is 9.10. The maximum Gasteiger partial charge on any atom is 0.243 e. The van der Waals surface area contributed by atoms with E-state index in [0.717, 1.165) is 26.6 Å². The van der Waals surface area contributed by atoms with Gasteiger partial charge in [-0.2, -0.15) is 4.31 Å². The molecule has 7 heteroatoms. The third-order valence-corrected chi connectivity index (χ3v) is 6.78. The second-order valence-corrected chi connectivity index (χ2v) is 8.81. The second-order valence-electron chi connectivity index (χ2n) is 5.96. The fourth-order valence-electron chi connectivity index (χ4n) is 2.99. The monoisotopic (exact) mass is 420 g/mol. The molecular formula is C18H17BrN2O3S. The van der Waals surface area contributed by atoms with Gasteiger partial charge in [0.2, 0.25) is 10.0 Å². The number of aromatic nitrogens is 1. The summed E-state index contributed by atoms with van der Waals surface area (Å²) in [6, 6.07) is 15.2. The van der Waals surface area contributed by atoms with Crippen LogP contribution in [0.4, 0.5) is 0 Å². The highest BCUT2D eigenvalue weighted by Crippen LogP contribution is 2.28. The summed E-state index contributed by atoms with van der Waals surface area (Å²) in [4.78, 5) is 3.67. The van der Waals surface area contributed by atoms with E-state index >= 15 is 0 Å². The lowest BCUT2D eigenvalue weighted by Crippen LogP contribution is -2.40. The molecule has 0 saturated carbocycles. The van der Waals surface area contributed by atoms with Crippen LogP contribution in [0.2, 0.25) is 0 Å². The summed E-state index contributed by atoms with van der Waals surface area (Å²) in [6.45, 7) is 1.69. The molecule has 1 aliphatic rings. The fraction of sp³-hybridized carbons (Fsp3) is 0.222. The summed E-state index contributed by atoms with van der Waals surface area (Å²) in [5, 5.41) is 0.882. The van der Waals surface area contributed by atoms with E-state index in [9.17, 15) is 8.42 Å². The van der Waals surface area contributed by atoms with Crippen molar-refractivity contribution in [3.05, 3.63) is 53.0 Å². The first kappa shape index (κ1) is 16.8. The highest BCUT2D eigenvalue weighted by Gasteiger charge is 2.26. The molecule has 1 N–H and O–H groups in total. The van der Waals surface area contributed by atoms with Gasteiger partial charge in [0, 0.05) is 34.2 Å². The van der Waals surface area contributed by atoms with Gasteiger partial charge in [-0.15, -0.1) is 0 Å². The van der Waals surface area contributed by atoms with Crippen molar-refractivity contribution in [3.63, 3.8) is 0 Å². The van der Waals surface area contributed by atoms with Crippen LogP contribution in [0, 0.1) is 0 Å². The molecule has 2 aromatic carbocycles. The van der Waals surface area contributed by atoms with Crippen molar-refractivity contribution in [2.75, 3.05) is 26.3 Å². The van der Waals surface area contributed by atoms with E-state index in [2.05, 4.69) is 20.9 Å². The molecule has 0 bridgehead atoms. The predicted molar refractivity (Wildman–Crippen MR) is 101 cm³/mol. The molecule has 0 spiro atoms. The summed E-state index contributed by atoms with van der Waals surface area (Å²) in [5.41, 5.74) is 2.93. The van der Waals surface area contributed by atoms with Gasteiger partial charge in [-0.3, -0.25) is 0 Å². The Morgan fingerprint density at radius 2 is 1.72 bits per heavy atom. The van der Waals surface area contributed by atoms with Crippen molar-refractivity contribution in [2.24, 2.45) is 0 Å². The minimum absolute atomic E-state index is 0.322. The Morgan fingerprint density at radius 3 is 2.44 bits per heavy atom. The molecule has 25 heavy (non-hydrogen) atoms. The van der Waals surface area contributed by atoms with Gasteiger partial charge in [0.25, 0.3) is 0 Å². The van der Waals surface area contributed by atoms with Gasteiger partial charge in [0.1, 0.15) is 0 Å². The predicted octanol–water partition coefficient (Wildman–Crippen LogP) is 3.62. The van der Waals surface area contributed by atoms with Gasteiger partial charge in [0.15, 0.2) is 0 Å². The summed E-state index contributed by atoms with van der Waals surface area (Å²) in [5.74, 6) is 0. The quantitative estimate of drug-likeness (QED) is 0.703. The molecule has 0 atom stereocenters. The van der Waals surface area contributed by atoms with Crippen LogP contribution < -0.4 is 0 Å². The Kier molecular flexibility index (Phi) is 4.41. The Hall–Kier alpha value is -1.67. The van der Waals surface area contributed by atoms with Crippen molar-refractivity contribution in [2.45, 2.75) is 4.90 Å². The zero-order chi connectivity index (χ0) is 17.4. The number of hydrogen-bond acceptors (Lipinski definition) is 3. The van der Waals surface area contributed by atoms with Gasteiger partial charge in [-0.1, -0.05) is 28.1 Å². The van der Waals surface area contributed by atoms with Crippen LogP contribution in [0.5, 0.6) is 0 Å². The number of ether oxygens (including phenoxy) is 1. The molecular weight excluding hydrogens is 404 g/mol. The number of benzene rings is 2. The summed E-state index contributed by atoms with van der Waals surface area (Å²) in [6.07, 6.45) is 0. The number of morpholine rings is 1. The van der Waals surface area contributed by atoms with Gasteiger partial charge in [-0.05, 0) is 42.0 Å². The van der Waals surface area contributed by atoms with Crippen LogP contribution in [0.1, 0.15) is 0 Å². The molecule has 3 aromatic rings. The van der Waals surface area contributed by atoms with E-state index in [-0.39, 0.29) is 0 Å². The average Bonchev–Trinajstić information content (AvgIpc) is 3.06. The molecule has 1 aromatic heterocycles. The maximum absolute atomic E-state index is 12.8. The fourth-order valence-corrected chi connectivity index (χ4v) is 4.70. The Balaban J connectivity index is 1.71. The minimum Gasteiger partial charge on any atom is -0.379 e. The minimum atomic E-state index is -3.48. The number of fused-ring (bicyclic) bond motifs is 1. The molecule has 1 fully saturated rings. The number of H-pyrrole nitrogens is 1. The zero-order valence-corrected chi connectivity index (χ0v) is 15.8. The lowest BCUT2D eigenvalue weighted by molar-refractivity contribution is 0.0730. The standard InChI is InChI=1S/C18H17BrN2O3S/c19-15-3-1-13(2-4-15)18-12-14-11-16(5-6-17(14)20-18)25(22,23)21-7-9-24-10-8-21/h1-6,11-12,20H,7-10H2. The van der Waals surface area contributed by atoms with E-state index in [1.807, 2.05) is 36.4 Å². The van der Waals surface area contributed by atoms with Gasteiger partial charge < -0.3 is 9.72 Å². The van der Waals surface area contributed by atoms with E-state index in [1.54, 1.807) is 12.1 Å². The van der Waals surface area contributed by atoms with Crippen LogP contribution in [0.25, 0.3) is 22.2 Å². The molecule has 1 saturated heterocycles. The molecule has 130 valence electrons. The van der Waals surface area contributed by atoms with Gasteiger partial charge >= 0.3 is 0 Å². The summed E-state index contributed by atoms with van der Waals surface area (Å²) < 4.78 is 33.4. The van der Waals surface area contributed by atoms with E-state index < -0.39 is 10.0 Å². The Bertz CT molecular complexity index is 1010. The molecule has 2 heterocycles. The van der Waals surface area contributed by atoms with Crippen molar-refractivity contribution >= 4 is 36.9 Å². The number of rotatable bonds is 3. The third-order valence-electron chi connectivity index (χ3n) is 4.36. The van der Waals surface area contributed by atoms with Crippen molar-refractivity contribution in [1.82, 2.24) is 9.29 Å². The molecule has 5 nitrogen and oxygen atoms in total. The van der Waals surface area contributed by atoms with Crippen LogP contribution in [-0.4, -0.2) is 44.0 Å². The second kappa shape index (κ2) is 6.57. The maximum atomic E-state index is 12.8. The highest BCUT2D eigenvalue weighted by atomic mass is 79.9. The number of nitrogens with one attached hydrogen (secondary N) is 1. The number of hydrogen-bond donors (Lipinski definition) is 1. The van der Waals surface area contributed by atoms with Crippen LogP contribution >= 0.6 is 15.9 Å². The van der Waals surface area contributed by atoms with E-state index in [0.29, 0.717) is 31.2 Å². The van der Waals surface area contributed by atoms with Crippen molar-refractivity contribution < 1.29 is 13.2 Å². The van der Waals surface area contributed by atoms with E-state index in [4.69, 9.17) is 4.74 Å². The average molecular weight is 421 g/mol. The van der Waals surface area contributed by atoms with Crippen LogP contribution in [-0.2, 0) is 14.8 Å². The molecule has 1 aliphatic heterocycles. The lowest BCUT2D eigenvalue weighted by atomic mass is 10.1. The number of sulfonamides is 1. The Labute approximate surface area is 154 Å². The Morgan fingerprint density at radius 1 is 1.00 bits per heavy atom. The third kappa shape index (κ3) is 3.25. The number of halogens is 1. The number of aromatic amines is 1. The van der Waals surface area contributed by atoms with E-state index in [1.165, 1.54) is 4.31 Å². The number of nitrogens with zero attached hydrogens (tertiary/aromatic N) is 1. The smallest absolute Gasteiger partial charge is 0.243 e. The van der Waals surface area contributed by atoms with Gasteiger partial charge in [0.05, 0.1) is 18.1 Å². The first-order chi connectivity index (χ1) is 12.0. The lowest BCUT2D eigenvalue weighted by Gasteiger charge is -2.26. The SMILES string of the molecule is O=S(=O)(c1ccc2[nH]c(-c3ccc(Br)cc3)cc2c1)N1CCOCC1. The summed E-state index contributed by atoms with van der Waals surface area (Å²) >= 11 is 3.43. The van der Waals surface area contributed by atoms with Crippen LogP contribution in [0.3, 0.4) is 0 Å². The molecule has 4 rings (SSSR count).